The molecule has 0 spiro atoms. The van der Waals surface area contributed by atoms with Gasteiger partial charge in [-0.25, -0.2) is 4.98 Å². The minimum absolute atomic E-state index is 0.756. The van der Waals surface area contributed by atoms with Crippen LogP contribution in [0.1, 0.15) is 0 Å². The van der Waals surface area contributed by atoms with Crippen LogP contribution in [0.4, 0.5) is 5.69 Å². The van der Waals surface area contributed by atoms with Gasteiger partial charge in [0.1, 0.15) is 5.82 Å². The zero-order valence-electron chi connectivity index (χ0n) is 9.89. The van der Waals surface area contributed by atoms with Gasteiger partial charge in [0.15, 0.2) is 0 Å². The summed E-state index contributed by atoms with van der Waals surface area (Å²) in [5, 5.41) is 0. The molecule has 0 unspecified atom stereocenters. The fourth-order valence-electron chi connectivity index (χ4n) is 2.09. The van der Waals surface area contributed by atoms with Crippen molar-refractivity contribution in [1.82, 2.24) is 9.55 Å². The first-order chi connectivity index (χ1) is 8.65. The molecule has 18 heavy (non-hydrogen) atoms. The normalized spacial score (nSPS) is 11.0. The number of benzene rings is 2. The molecule has 1 aromatic heterocycles. The molecule has 3 aromatic rings. The minimum atomic E-state index is 0.756. The Morgan fingerprint density at radius 1 is 1.17 bits per heavy atom. The van der Waals surface area contributed by atoms with Gasteiger partial charge in [-0.3, -0.25) is 0 Å². The van der Waals surface area contributed by atoms with E-state index in [0.29, 0.717) is 0 Å². The first kappa shape index (κ1) is 11.3. The maximum Gasteiger partial charge on any atom is 0.140 e. The molecular formula is C14H12BrN3. The zero-order chi connectivity index (χ0) is 12.7. The van der Waals surface area contributed by atoms with Crippen molar-refractivity contribution < 1.29 is 0 Å². The molecule has 4 heteroatoms. The van der Waals surface area contributed by atoms with Gasteiger partial charge in [-0.2, -0.15) is 0 Å². The molecule has 0 aliphatic rings. The van der Waals surface area contributed by atoms with Crippen molar-refractivity contribution in [3.8, 4) is 11.4 Å². The van der Waals surface area contributed by atoms with E-state index < -0.39 is 0 Å². The highest BCUT2D eigenvalue weighted by atomic mass is 79.9. The fraction of sp³-hybridized carbons (Fsp3) is 0.0714. The third-order valence-corrected chi connectivity index (χ3v) is 3.48. The van der Waals surface area contributed by atoms with Gasteiger partial charge in [-0.1, -0.05) is 28.1 Å². The molecule has 0 bridgehead atoms. The molecular weight excluding hydrogens is 290 g/mol. The van der Waals surface area contributed by atoms with Gasteiger partial charge in [0, 0.05) is 22.8 Å². The van der Waals surface area contributed by atoms with Gasteiger partial charge in [0.05, 0.1) is 11.0 Å². The predicted octanol–water partition coefficient (Wildman–Crippen LogP) is 3.59. The lowest BCUT2D eigenvalue weighted by molar-refractivity contribution is 0.959. The zero-order valence-corrected chi connectivity index (χ0v) is 11.5. The minimum Gasteiger partial charge on any atom is -0.399 e. The van der Waals surface area contributed by atoms with Crippen molar-refractivity contribution in [1.29, 1.82) is 0 Å². The quantitative estimate of drug-likeness (QED) is 0.698. The van der Waals surface area contributed by atoms with Crippen molar-refractivity contribution in [2.45, 2.75) is 0 Å². The highest BCUT2D eigenvalue weighted by molar-refractivity contribution is 9.10. The van der Waals surface area contributed by atoms with E-state index in [9.17, 15) is 0 Å². The molecule has 0 aliphatic heterocycles. The molecule has 90 valence electrons. The molecule has 3 nitrogen and oxygen atoms in total. The highest BCUT2D eigenvalue weighted by Crippen LogP contribution is 2.26. The summed E-state index contributed by atoms with van der Waals surface area (Å²) in [6.07, 6.45) is 0. The maximum atomic E-state index is 5.82. The second kappa shape index (κ2) is 4.14. The van der Waals surface area contributed by atoms with Crippen LogP contribution >= 0.6 is 15.9 Å². The van der Waals surface area contributed by atoms with Crippen LogP contribution in [0.2, 0.25) is 0 Å². The Kier molecular flexibility index (Phi) is 2.59. The molecule has 0 aliphatic carbocycles. The lowest BCUT2D eigenvalue weighted by Crippen LogP contribution is -1.93. The summed E-state index contributed by atoms with van der Waals surface area (Å²) in [6.45, 7) is 0. The van der Waals surface area contributed by atoms with E-state index in [1.54, 1.807) is 0 Å². The summed E-state index contributed by atoms with van der Waals surface area (Å²) in [6, 6.07) is 13.9. The maximum absolute atomic E-state index is 5.82. The fourth-order valence-corrected chi connectivity index (χ4v) is 2.49. The van der Waals surface area contributed by atoms with Gasteiger partial charge in [-0.05, 0) is 30.3 Å². The van der Waals surface area contributed by atoms with Crippen molar-refractivity contribution in [2.75, 3.05) is 5.73 Å². The number of nitrogens with zero attached hydrogens (tertiary/aromatic N) is 2. The number of aryl methyl sites for hydroxylation is 1. The average molecular weight is 302 g/mol. The predicted molar refractivity (Wildman–Crippen MR) is 78.3 cm³/mol. The Bertz CT molecular complexity index is 731. The smallest absolute Gasteiger partial charge is 0.140 e. The van der Waals surface area contributed by atoms with Crippen LogP contribution in [0.15, 0.2) is 46.9 Å². The number of nitrogens with two attached hydrogens (primary N) is 1. The van der Waals surface area contributed by atoms with Crippen LogP contribution in [0.25, 0.3) is 22.4 Å². The number of rotatable bonds is 1. The van der Waals surface area contributed by atoms with E-state index in [4.69, 9.17) is 5.73 Å². The third-order valence-electron chi connectivity index (χ3n) is 2.99. The summed E-state index contributed by atoms with van der Waals surface area (Å²) in [5.74, 6) is 0.942. The Morgan fingerprint density at radius 3 is 2.78 bits per heavy atom. The molecule has 0 radical (unpaired) electrons. The number of halogens is 1. The summed E-state index contributed by atoms with van der Waals surface area (Å²) in [4.78, 5) is 4.65. The van der Waals surface area contributed by atoms with Crippen molar-refractivity contribution in [2.24, 2.45) is 7.05 Å². The van der Waals surface area contributed by atoms with Crippen LogP contribution in [0.5, 0.6) is 0 Å². The standard InChI is InChI=1S/C14H12BrN3/c1-18-13-8-11(16)5-6-12(13)17-14(18)9-3-2-4-10(15)7-9/h2-8H,16H2,1H3. The molecule has 0 amide bonds. The number of hydrogen-bond donors (Lipinski definition) is 1. The van der Waals surface area contributed by atoms with Crippen LogP contribution in [-0.4, -0.2) is 9.55 Å². The molecule has 0 fully saturated rings. The van der Waals surface area contributed by atoms with Gasteiger partial charge in [0.2, 0.25) is 0 Å². The van der Waals surface area contributed by atoms with Gasteiger partial charge in [0.25, 0.3) is 0 Å². The largest absolute Gasteiger partial charge is 0.399 e. The highest BCUT2D eigenvalue weighted by Gasteiger charge is 2.09. The average Bonchev–Trinajstić information content (AvgIpc) is 2.67. The van der Waals surface area contributed by atoms with E-state index in [-0.39, 0.29) is 0 Å². The Labute approximate surface area is 113 Å². The molecule has 0 atom stereocenters. The van der Waals surface area contributed by atoms with Crippen molar-refractivity contribution in [3.05, 3.63) is 46.9 Å². The molecule has 2 aromatic carbocycles. The van der Waals surface area contributed by atoms with Crippen LogP contribution in [-0.2, 0) is 7.05 Å². The summed E-state index contributed by atoms with van der Waals surface area (Å²) >= 11 is 3.48. The van der Waals surface area contributed by atoms with E-state index in [1.807, 2.05) is 37.4 Å². The number of anilines is 1. The second-order valence-corrected chi connectivity index (χ2v) is 5.17. The molecule has 2 N–H and O–H groups in total. The summed E-state index contributed by atoms with van der Waals surface area (Å²) in [5.41, 5.74) is 9.66. The van der Waals surface area contributed by atoms with Gasteiger partial charge >= 0.3 is 0 Å². The first-order valence-electron chi connectivity index (χ1n) is 5.63. The lowest BCUT2D eigenvalue weighted by atomic mass is 10.2. The molecule has 0 saturated carbocycles. The summed E-state index contributed by atoms with van der Waals surface area (Å²) in [7, 11) is 2.00. The molecule has 3 rings (SSSR count). The van der Waals surface area contributed by atoms with E-state index in [1.165, 1.54) is 0 Å². The lowest BCUT2D eigenvalue weighted by Gasteiger charge is -2.03. The number of hydrogen-bond acceptors (Lipinski definition) is 2. The van der Waals surface area contributed by atoms with Crippen LogP contribution < -0.4 is 5.73 Å². The number of fused-ring (bicyclic) bond motifs is 1. The number of aromatic nitrogens is 2. The van der Waals surface area contributed by atoms with Crippen LogP contribution in [0.3, 0.4) is 0 Å². The molecule has 0 saturated heterocycles. The number of nitrogen functional groups attached to an aromatic ring is 1. The Morgan fingerprint density at radius 2 is 2.00 bits per heavy atom. The monoisotopic (exact) mass is 301 g/mol. The third kappa shape index (κ3) is 1.78. The van der Waals surface area contributed by atoms with Crippen LogP contribution in [0, 0.1) is 0 Å². The topological polar surface area (TPSA) is 43.8 Å². The van der Waals surface area contributed by atoms with E-state index >= 15 is 0 Å². The Balaban J connectivity index is 2.27. The van der Waals surface area contributed by atoms with Crippen molar-refractivity contribution >= 4 is 32.7 Å². The second-order valence-electron chi connectivity index (χ2n) is 4.25. The number of imidazole rings is 1. The SMILES string of the molecule is Cn1c(-c2cccc(Br)c2)nc2ccc(N)cc21. The Hall–Kier alpha value is -1.81. The summed E-state index contributed by atoms with van der Waals surface area (Å²) < 4.78 is 3.11. The van der Waals surface area contributed by atoms with Crippen molar-refractivity contribution in [3.63, 3.8) is 0 Å². The first-order valence-corrected chi connectivity index (χ1v) is 6.42. The molecule has 1 heterocycles. The van der Waals surface area contributed by atoms with Gasteiger partial charge in [-0.15, -0.1) is 0 Å². The van der Waals surface area contributed by atoms with E-state index in [0.717, 1.165) is 32.6 Å². The van der Waals surface area contributed by atoms with Gasteiger partial charge < -0.3 is 10.3 Å². The van der Waals surface area contributed by atoms with E-state index in [2.05, 4.69) is 37.6 Å².